The van der Waals surface area contributed by atoms with Crippen LogP contribution in [0.15, 0.2) is 46.7 Å². The number of rotatable bonds is 7. The summed E-state index contributed by atoms with van der Waals surface area (Å²) in [6.45, 7) is 2.30. The van der Waals surface area contributed by atoms with Crippen LogP contribution in [0, 0.1) is 0 Å². The summed E-state index contributed by atoms with van der Waals surface area (Å²) in [4.78, 5) is 16.9. The number of unbranched alkanes of at least 4 members (excludes halogenated alkanes) is 1. The third-order valence-corrected chi connectivity index (χ3v) is 6.26. The van der Waals surface area contributed by atoms with Crippen LogP contribution in [0.2, 0.25) is 0 Å². The van der Waals surface area contributed by atoms with Crippen molar-refractivity contribution in [3.05, 3.63) is 47.3 Å². The Kier molecular flexibility index (Phi) is 5.36. The van der Waals surface area contributed by atoms with Crippen molar-refractivity contribution >= 4 is 38.2 Å². The predicted octanol–water partition coefficient (Wildman–Crippen LogP) is 2.41. The van der Waals surface area contributed by atoms with Gasteiger partial charge in [0.2, 0.25) is 10.0 Å². The smallest absolute Gasteiger partial charge is 0.240 e. The standard InChI is InChI=1S/C18H18N2O4S2/c1-2-3-8-19-26(23,24)12-6-7-15-13(10-12)14(18(21)22)11-16(20-15)17-5-4-9-25-17/h4-7,9-11,19H,2-3,8H2,1H3,(H,21,22)/p-1. The average molecular weight is 389 g/mol. The van der Waals surface area contributed by atoms with E-state index >= 15 is 0 Å². The molecule has 8 heteroatoms. The fourth-order valence-corrected chi connectivity index (χ4v) is 4.34. The van der Waals surface area contributed by atoms with Crippen LogP contribution < -0.4 is 9.83 Å². The number of benzene rings is 1. The van der Waals surface area contributed by atoms with Crippen molar-refractivity contribution in [2.24, 2.45) is 0 Å². The summed E-state index contributed by atoms with van der Waals surface area (Å²) >= 11 is 1.44. The molecule has 2 aromatic heterocycles. The molecular weight excluding hydrogens is 372 g/mol. The van der Waals surface area contributed by atoms with Crippen molar-refractivity contribution in [1.29, 1.82) is 0 Å². The number of fused-ring (bicyclic) bond motifs is 1. The van der Waals surface area contributed by atoms with Crippen LogP contribution in [0.1, 0.15) is 30.1 Å². The zero-order valence-corrected chi connectivity index (χ0v) is 15.7. The number of nitrogens with zero attached hydrogens (tertiary/aromatic N) is 1. The first-order valence-electron chi connectivity index (χ1n) is 8.12. The number of carboxylic acid groups (broad SMARTS) is 1. The van der Waals surface area contributed by atoms with E-state index in [-0.39, 0.29) is 15.8 Å². The van der Waals surface area contributed by atoms with Crippen LogP contribution in [0.25, 0.3) is 21.5 Å². The molecule has 0 aliphatic rings. The normalized spacial score (nSPS) is 11.7. The Morgan fingerprint density at radius 2 is 2.08 bits per heavy atom. The van der Waals surface area contributed by atoms with Gasteiger partial charge >= 0.3 is 0 Å². The van der Waals surface area contributed by atoms with Crippen molar-refractivity contribution in [2.75, 3.05) is 6.54 Å². The predicted molar refractivity (Wildman–Crippen MR) is 99.5 cm³/mol. The van der Waals surface area contributed by atoms with E-state index in [0.29, 0.717) is 17.8 Å². The number of hydrogen-bond acceptors (Lipinski definition) is 6. The molecule has 1 N–H and O–H groups in total. The molecular formula is C18H17N2O4S2-. The molecule has 0 aliphatic heterocycles. The molecule has 3 rings (SSSR count). The molecule has 3 aromatic rings. The SMILES string of the molecule is CCCCNS(=O)(=O)c1ccc2nc(-c3cccs3)cc(C(=O)[O-])c2c1. The Morgan fingerprint density at radius 3 is 2.73 bits per heavy atom. The van der Waals surface area contributed by atoms with Crippen LogP contribution in [0.3, 0.4) is 0 Å². The van der Waals surface area contributed by atoms with Gasteiger partial charge in [0.15, 0.2) is 0 Å². The highest BCUT2D eigenvalue weighted by Crippen LogP contribution is 2.29. The number of carbonyl (C=O) groups excluding carboxylic acids is 1. The molecule has 0 saturated heterocycles. The summed E-state index contributed by atoms with van der Waals surface area (Å²) in [7, 11) is -3.71. The molecule has 0 amide bonds. The maximum Gasteiger partial charge on any atom is 0.240 e. The van der Waals surface area contributed by atoms with Crippen molar-refractivity contribution in [3.8, 4) is 10.6 Å². The summed E-state index contributed by atoms with van der Waals surface area (Å²) in [6.07, 6.45) is 1.59. The lowest BCUT2D eigenvalue weighted by Gasteiger charge is -2.12. The van der Waals surface area contributed by atoms with Gasteiger partial charge in [0, 0.05) is 17.5 Å². The molecule has 6 nitrogen and oxygen atoms in total. The van der Waals surface area contributed by atoms with Gasteiger partial charge in [-0.25, -0.2) is 18.1 Å². The summed E-state index contributed by atoms with van der Waals surface area (Å²) < 4.78 is 27.3. The zero-order valence-electron chi connectivity index (χ0n) is 14.1. The van der Waals surface area contributed by atoms with Gasteiger partial charge < -0.3 is 9.90 Å². The van der Waals surface area contributed by atoms with Gasteiger partial charge in [-0.2, -0.15) is 0 Å². The molecule has 0 aliphatic carbocycles. The van der Waals surface area contributed by atoms with E-state index in [0.717, 1.165) is 17.7 Å². The van der Waals surface area contributed by atoms with E-state index in [1.165, 1.54) is 35.6 Å². The Bertz CT molecular complexity index is 1040. The number of aromatic nitrogens is 1. The zero-order chi connectivity index (χ0) is 18.7. The molecule has 2 heterocycles. The molecule has 0 spiro atoms. The topological polar surface area (TPSA) is 99.2 Å². The average Bonchev–Trinajstić information content (AvgIpc) is 3.15. The van der Waals surface area contributed by atoms with E-state index in [9.17, 15) is 18.3 Å². The van der Waals surface area contributed by atoms with Crippen molar-refractivity contribution in [1.82, 2.24) is 9.71 Å². The largest absolute Gasteiger partial charge is 0.545 e. The lowest BCUT2D eigenvalue weighted by atomic mass is 10.1. The Labute approximate surface area is 155 Å². The number of nitrogens with one attached hydrogen (secondary N) is 1. The van der Waals surface area contributed by atoms with E-state index in [1.54, 1.807) is 0 Å². The van der Waals surface area contributed by atoms with E-state index < -0.39 is 16.0 Å². The quantitative estimate of drug-likeness (QED) is 0.626. The third kappa shape index (κ3) is 3.77. The number of pyridine rings is 1. The van der Waals surface area contributed by atoms with Gasteiger partial charge in [0.05, 0.1) is 27.0 Å². The van der Waals surface area contributed by atoms with Crippen molar-refractivity contribution in [3.63, 3.8) is 0 Å². The highest BCUT2D eigenvalue weighted by Gasteiger charge is 2.16. The molecule has 0 saturated carbocycles. The maximum atomic E-state index is 12.4. The van der Waals surface area contributed by atoms with Crippen molar-refractivity contribution in [2.45, 2.75) is 24.7 Å². The highest BCUT2D eigenvalue weighted by atomic mass is 32.2. The van der Waals surface area contributed by atoms with Gasteiger partial charge in [-0.15, -0.1) is 11.3 Å². The maximum absolute atomic E-state index is 12.4. The molecule has 26 heavy (non-hydrogen) atoms. The number of carboxylic acids is 1. The lowest BCUT2D eigenvalue weighted by molar-refractivity contribution is -0.254. The summed E-state index contributed by atoms with van der Waals surface area (Å²) in [5.41, 5.74) is 0.843. The van der Waals surface area contributed by atoms with Gasteiger partial charge in [0.25, 0.3) is 0 Å². The minimum Gasteiger partial charge on any atom is -0.545 e. The van der Waals surface area contributed by atoms with Crippen molar-refractivity contribution < 1.29 is 18.3 Å². The van der Waals surface area contributed by atoms with E-state index in [1.807, 2.05) is 24.4 Å². The van der Waals surface area contributed by atoms with Crippen LogP contribution in [-0.2, 0) is 10.0 Å². The minimum absolute atomic E-state index is 0.00859. The minimum atomic E-state index is -3.71. The van der Waals surface area contributed by atoms with Gasteiger partial charge in [0.1, 0.15) is 0 Å². The second-order valence-corrected chi connectivity index (χ2v) is 8.46. The fraction of sp³-hybridized carbons (Fsp3) is 0.222. The van der Waals surface area contributed by atoms with Crippen LogP contribution in [-0.4, -0.2) is 25.9 Å². The number of sulfonamides is 1. The number of carbonyl (C=O) groups is 1. The van der Waals surface area contributed by atoms with Crippen LogP contribution >= 0.6 is 11.3 Å². The molecule has 0 fully saturated rings. The molecule has 0 unspecified atom stereocenters. The molecule has 0 atom stereocenters. The van der Waals surface area contributed by atoms with E-state index in [2.05, 4.69) is 9.71 Å². The summed E-state index contributed by atoms with van der Waals surface area (Å²) in [5, 5.41) is 13.7. The number of thiophene rings is 1. The summed E-state index contributed by atoms with van der Waals surface area (Å²) in [5.74, 6) is -1.37. The molecule has 136 valence electrons. The van der Waals surface area contributed by atoms with Gasteiger partial charge in [-0.05, 0) is 42.1 Å². The van der Waals surface area contributed by atoms with Gasteiger partial charge in [-0.3, -0.25) is 0 Å². The lowest BCUT2D eigenvalue weighted by Crippen LogP contribution is -2.25. The molecule has 0 bridgehead atoms. The monoisotopic (exact) mass is 389 g/mol. The second-order valence-electron chi connectivity index (χ2n) is 5.75. The fourth-order valence-electron chi connectivity index (χ4n) is 2.56. The summed E-state index contributed by atoms with van der Waals surface area (Å²) in [6, 6.07) is 9.40. The van der Waals surface area contributed by atoms with E-state index in [4.69, 9.17) is 0 Å². The highest BCUT2D eigenvalue weighted by molar-refractivity contribution is 7.89. The number of aromatic carboxylic acids is 1. The first-order chi connectivity index (χ1) is 12.4. The molecule has 0 radical (unpaired) electrons. The van der Waals surface area contributed by atoms with Crippen LogP contribution in [0.5, 0.6) is 0 Å². The van der Waals surface area contributed by atoms with Gasteiger partial charge in [-0.1, -0.05) is 19.4 Å². The number of hydrogen-bond donors (Lipinski definition) is 1. The Morgan fingerprint density at radius 1 is 1.27 bits per heavy atom. The first-order valence-corrected chi connectivity index (χ1v) is 10.5. The third-order valence-electron chi connectivity index (χ3n) is 3.91. The van der Waals surface area contributed by atoms with Crippen LogP contribution in [0.4, 0.5) is 0 Å². The second kappa shape index (κ2) is 7.53. The first kappa shape index (κ1) is 18.5. The Balaban J connectivity index is 2.10. The molecule has 1 aromatic carbocycles. The Hall–Kier alpha value is -2.29.